The van der Waals surface area contributed by atoms with Crippen molar-refractivity contribution in [3.05, 3.63) is 174 Å². The second kappa shape index (κ2) is 13.0. The molecule has 0 radical (unpaired) electrons. The van der Waals surface area contributed by atoms with Gasteiger partial charge in [-0.15, -0.1) is 0 Å². The Hall–Kier alpha value is -6.00. The van der Waals surface area contributed by atoms with E-state index in [9.17, 15) is 0 Å². The molecule has 0 N–H and O–H groups in total. The smallest absolute Gasteiger partial charge is 0.138 e. The zero-order valence-electron chi connectivity index (χ0n) is 30.2. The molecule has 1 atom stereocenters. The summed E-state index contributed by atoms with van der Waals surface area (Å²) < 4.78 is 0. The summed E-state index contributed by atoms with van der Waals surface area (Å²) >= 11 is 0. The fraction of sp³-hybridized carbons (Fsp3) is 0.167. The van der Waals surface area contributed by atoms with Crippen molar-refractivity contribution in [2.45, 2.75) is 46.1 Å². The molecule has 0 spiro atoms. The first-order chi connectivity index (χ1) is 25.5. The van der Waals surface area contributed by atoms with Gasteiger partial charge in [-0.3, -0.25) is 4.90 Å². The Balaban J connectivity index is 1.34. The highest BCUT2D eigenvalue weighted by Crippen LogP contribution is 2.52. The molecule has 0 aliphatic heterocycles. The van der Waals surface area contributed by atoms with Crippen LogP contribution >= 0.6 is 0 Å². The first-order valence-electron chi connectivity index (χ1n) is 18.5. The molecular formula is C48H42N4. The van der Waals surface area contributed by atoms with E-state index in [2.05, 4.69) is 171 Å². The molecule has 1 unspecified atom stereocenters. The molecule has 5 aromatic carbocycles. The maximum Gasteiger partial charge on any atom is 0.138 e. The summed E-state index contributed by atoms with van der Waals surface area (Å²) in [6.07, 6.45) is 9.79. The molecule has 2 heterocycles. The van der Waals surface area contributed by atoms with Crippen molar-refractivity contribution in [1.29, 1.82) is 0 Å². The summed E-state index contributed by atoms with van der Waals surface area (Å²) in [5.41, 5.74) is 11.6. The molecule has 0 fully saturated rings. The predicted molar refractivity (Wildman–Crippen MR) is 219 cm³/mol. The number of fused-ring (bicyclic) bond motifs is 1. The van der Waals surface area contributed by atoms with Crippen molar-refractivity contribution in [2.75, 3.05) is 9.80 Å². The van der Waals surface area contributed by atoms with Gasteiger partial charge in [0.2, 0.25) is 0 Å². The normalized spacial score (nSPS) is 14.8. The van der Waals surface area contributed by atoms with Gasteiger partial charge in [-0.2, -0.15) is 0 Å². The van der Waals surface area contributed by atoms with Crippen molar-refractivity contribution in [3.63, 3.8) is 0 Å². The van der Waals surface area contributed by atoms with Gasteiger partial charge in [-0.1, -0.05) is 119 Å². The van der Waals surface area contributed by atoms with Crippen molar-refractivity contribution in [1.82, 2.24) is 9.97 Å². The highest BCUT2D eigenvalue weighted by atomic mass is 15.2. The van der Waals surface area contributed by atoms with E-state index in [-0.39, 0.29) is 6.04 Å². The number of pyridine rings is 2. The van der Waals surface area contributed by atoms with Gasteiger partial charge in [0.15, 0.2) is 0 Å². The lowest BCUT2D eigenvalue weighted by atomic mass is 9.72. The maximum atomic E-state index is 5.11. The molecule has 0 saturated carbocycles. The Morgan fingerprint density at radius 3 is 2.08 bits per heavy atom. The van der Waals surface area contributed by atoms with E-state index in [1.54, 1.807) is 0 Å². The first-order valence-corrected chi connectivity index (χ1v) is 18.5. The summed E-state index contributed by atoms with van der Waals surface area (Å²) in [5, 5.41) is 4.92. The Morgan fingerprint density at radius 2 is 1.37 bits per heavy atom. The van der Waals surface area contributed by atoms with Crippen LogP contribution in [0.25, 0.3) is 32.7 Å². The number of allylic oxidation sites excluding steroid dienone is 2. The summed E-state index contributed by atoms with van der Waals surface area (Å²) in [6.45, 7) is 9.31. The molecule has 4 heteroatoms. The van der Waals surface area contributed by atoms with Crippen molar-refractivity contribution in [3.8, 4) is 0 Å². The molecule has 9 rings (SSSR count). The number of nitrogens with zero attached hydrogens (tertiary/aromatic N) is 4. The minimum absolute atomic E-state index is 0.0283. The SMILES string of the molecule is CC(C)C1=CC(N(c2ccccc2)c2ccccn2)C2=CCc3c(C(C)C)cc(N(c4ccccc4)c4cc5ccccc5cn4)c4ccc1c2c34. The van der Waals surface area contributed by atoms with Gasteiger partial charge in [0.1, 0.15) is 11.6 Å². The van der Waals surface area contributed by atoms with Gasteiger partial charge >= 0.3 is 0 Å². The molecule has 254 valence electrons. The van der Waals surface area contributed by atoms with E-state index >= 15 is 0 Å². The van der Waals surface area contributed by atoms with Crippen LogP contribution in [0.3, 0.4) is 0 Å². The van der Waals surface area contributed by atoms with Gasteiger partial charge in [0.05, 0.1) is 11.7 Å². The minimum Gasteiger partial charge on any atom is -0.315 e. The van der Waals surface area contributed by atoms with E-state index in [4.69, 9.17) is 9.97 Å². The third kappa shape index (κ3) is 5.29. The third-order valence-electron chi connectivity index (χ3n) is 10.8. The minimum atomic E-state index is -0.0283. The number of anilines is 5. The first kappa shape index (κ1) is 31.9. The van der Waals surface area contributed by atoms with E-state index in [0.29, 0.717) is 11.8 Å². The number of hydrogen-bond acceptors (Lipinski definition) is 4. The van der Waals surface area contributed by atoms with Crippen LogP contribution in [0, 0.1) is 5.92 Å². The average Bonchev–Trinajstić information content (AvgIpc) is 3.18. The Morgan fingerprint density at radius 1 is 0.654 bits per heavy atom. The third-order valence-corrected chi connectivity index (χ3v) is 10.8. The Kier molecular flexibility index (Phi) is 7.96. The van der Waals surface area contributed by atoms with Crippen LogP contribution in [0.5, 0.6) is 0 Å². The highest BCUT2D eigenvalue weighted by Gasteiger charge is 2.36. The van der Waals surface area contributed by atoms with Crippen LogP contribution in [-0.4, -0.2) is 16.0 Å². The Bertz CT molecular complexity index is 2460. The van der Waals surface area contributed by atoms with Crippen molar-refractivity contribution < 1.29 is 0 Å². The van der Waals surface area contributed by atoms with Crippen LogP contribution in [0.15, 0.2) is 152 Å². The lowest BCUT2D eigenvalue weighted by Gasteiger charge is -2.40. The molecule has 2 aromatic heterocycles. The van der Waals surface area contributed by atoms with Gasteiger partial charge in [0, 0.05) is 34.5 Å². The molecule has 52 heavy (non-hydrogen) atoms. The zero-order valence-corrected chi connectivity index (χ0v) is 30.2. The largest absolute Gasteiger partial charge is 0.315 e. The van der Waals surface area contributed by atoms with E-state index in [1.807, 2.05) is 18.5 Å². The van der Waals surface area contributed by atoms with Gasteiger partial charge in [-0.25, -0.2) is 9.97 Å². The van der Waals surface area contributed by atoms with Gasteiger partial charge in [0.25, 0.3) is 0 Å². The summed E-state index contributed by atoms with van der Waals surface area (Å²) in [7, 11) is 0. The van der Waals surface area contributed by atoms with E-state index < -0.39 is 0 Å². The molecular weight excluding hydrogens is 633 g/mol. The van der Waals surface area contributed by atoms with E-state index in [1.165, 1.54) is 49.6 Å². The van der Waals surface area contributed by atoms with Crippen molar-refractivity contribution >= 4 is 61.4 Å². The van der Waals surface area contributed by atoms with E-state index in [0.717, 1.165) is 40.5 Å². The van der Waals surface area contributed by atoms with Gasteiger partial charge < -0.3 is 4.90 Å². The fourth-order valence-electron chi connectivity index (χ4n) is 8.38. The number of aromatic nitrogens is 2. The standard InChI is InChI=1S/C48H42N4/c1-31(2)41-28-43(51(35-17-7-5-8-18-35)45-21-13-14-26-49-45)39-24-22-38-42(32(3)4)29-44(40-25-23-37(41)47(39)48(38)40)52(36-19-9-6-10-20-36)46-27-33-15-11-12-16-34(33)30-50-46/h5-21,23-32,43H,22H2,1-4H3. The highest BCUT2D eigenvalue weighted by molar-refractivity contribution is 6.12. The Labute approximate surface area is 306 Å². The van der Waals surface area contributed by atoms with Crippen LogP contribution in [0.4, 0.5) is 28.7 Å². The van der Waals surface area contributed by atoms with Gasteiger partial charge in [-0.05, 0) is 111 Å². The van der Waals surface area contributed by atoms with Crippen LogP contribution in [-0.2, 0) is 6.42 Å². The summed E-state index contributed by atoms with van der Waals surface area (Å²) in [4.78, 5) is 14.8. The van der Waals surface area contributed by atoms with Crippen LogP contribution in [0.1, 0.15) is 55.9 Å². The lowest BCUT2D eigenvalue weighted by molar-refractivity contribution is 0.829. The molecule has 0 bridgehead atoms. The molecule has 0 saturated heterocycles. The average molecular weight is 675 g/mol. The number of hydrogen-bond donors (Lipinski definition) is 0. The molecule has 2 aliphatic carbocycles. The molecule has 2 aliphatic rings. The second-order valence-electron chi connectivity index (χ2n) is 14.6. The molecule has 4 nitrogen and oxygen atoms in total. The summed E-state index contributed by atoms with van der Waals surface area (Å²) in [6, 6.07) is 45.6. The monoisotopic (exact) mass is 674 g/mol. The lowest BCUT2D eigenvalue weighted by Crippen LogP contribution is -2.35. The predicted octanol–water partition coefficient (Wildman–Crippen LogP) is 12.6. The fourth-order valence-corrected chi connectivity index (χ4v) is 8.38. The number of benzene rings is 5. The number of para-hydroxylation sites is 2. The maximum absolute atomic E-state index is 5.11. The van der Waals surface area contributed by atoms with Crippen molar-refractivity contribution in [2.24, 2.45) is 5.92 Å². The topological polar surface area (TPSA) is 32.3 Å². The van der Waals surface area contributed by atoms with Crippen LogP contribution in [0.2, 0.25) is 0 Å². The molecule has 0 amide bonds. The van der Waals surface area contributed by atoms with Crippen LogP contribution < -0.4 is 9.80 Å². The second-order valence-corrected chi connectivity index (χ2v) is 14.6. The number of rotatable bonds is 8. The quantitative estimate of drug-likeness (QED) is 0.161. The molecule has 7 aromatic rings. The zero-order chi connectivity index (χ0) is 35.3. The summed E-state index contributed by atoms with van der Waals surface area (Å²) in [5.74, 6) is 2.51.